The van der Waals surface area contributed by atoms with Crippen LogP contribution in [-0.4, -0.2) is 52.8 Å². The molecule has 2 aromatic heterocycles. The quantitative estimate of drug-likeness (QED) is 0.383. The van der Waals surface area contributed by atoms with Crippen molar-refractivity contribution >= 4 is 35.1 Å². The van der Waals surface area contributed by atoms with Gasteiger partial charge in [-0.15, -0.1) is 0 Å². The van der Waals surface area contributed by atoms with Gasteiger partial charge in [0.2, 0.25) is 5.95 Å². The molecule has 0 saturated carbocycles. The van der Waals surface area contributed by atoms with Crippen molar-refractivity contribution in [3.8, 4) is 11.3 Å². The summed E-state index contributed by atoms with van der Waals surface area (Å²) in [7, 11) is 0. The molecule has 1 aromatic carbocycles. The largest absolute Gasteiger partial charge is 0.378 e. The van der Waals surface area contributed by atoms with E-state index in [1.807, 2.05) is 0 Å². The summed E-state index contributed by atoms with van der Waals surface area (Å²) in [6.07, 6.45) is 2.28. The maximum absolute atomic E-state index is 14.1. The van der Waals surface area contributed by atoms with Crippen LogP contribution >= 0.6 is 23.2 Å². The van der Waals surface area contributed by atoms with Gasteiger partial charge >= 0.3 is 0 Å². The highest BCUT2D eigenvalue weighted by Gasteiger charge is 2.26. The Morgan fingerprint density at radius 1 is 1.32 bits per heavy atom. The van der Waals surface area contributed by atoms with Gasteiger partial charge in [-0.05, 0) is 36.2 Å². The van der Waals surface area contributed by atoms with E-state index in [1.165, 1.54) is 24.4 Å². The molecule has 0 radical (unpaired) electrons. The van der Waals surface area contributed by atoms with Gasteiger partial charge < -0.3 is 26.1 Å². The fourth-order valence-electron chi connectivity index (χ4n) is 3.62. The van der Waals surface area contributed by atoms with Crippen molar-refractivity contribution in [2.75, 3.05) is 25.1 Å². The number of aromatic nitrogens is 3. The molecule has 3 aromatic rings. The molecule has 1 aliphatic heterocycles. The second kappa shape index (κ2) is 10.6. The number of hydrogen-bond acceptors (Lipinski definition) is 6. The molecule has 0 bridgehead atoms. The monoisotopic (exact) mass is 510 g/mol. The Bertz CT molecular complexity index is 1160. The molecule has 0 spiro atoms. The second-order valence-corrected chi connectivity index (χ2v) is 8.63. The Kier molecular flexibility index (Phi) is 7.62. The number of hydrogen-bond donors (Lipinski definition) is 4. The van der Waals surface area contributed by atoms with E-state index in [0.717, 1.165) is 0 Å². The van der Waals surface area contributed by atoms with Crippen LogP contribution in [0.1, 0.15) is 28.5 Å². The highest BCUT2D eigenvalue weighted by atomic mass is 35.5. The van der Waals surface area contributed by atoms with Gasteiger partial charge in [0, 0.05) is 29.9 Å². The van der Waals surface area contributed by atoms with E-state index in [9.17, 15) is 13.6 Å². The summed E-state index contributed by atoms with van der Waals surface area (Å²) in [4.78, 5) is 24.2. The molecular formula is C22H22Cl2F2N6O2. The number of alkyl halides is 1. The Balaban J connectivity index is 1.50. The highest BCUT2D eigenvalue weighted by Crippen LogP contribution is 2.28. The summed E-state index contributed by atoms with van der Waals surface area (Å²) in [5.74, 6) is -0.777. The predicted molar refractivity (Wildman–Crippen MR) is 125 cm³/mol. The van der Waals surface area contributed by atoms with Crippen molar-refractivity contribution in [3.05, 3.63) is 63.8 Å². The summed E-state index contributed by atoms with van der Waals surface area (Å²) in [6.45, 7) is 0.494. The van der Waals surface area contributed by atoms with Crippen LogP contribution in [0.2, 0.25) is 10.0 Å². The number of anilines is 1. The molecule has 3 atom stereocenters. The van der Waals surface area contributed by atoms with Gasteiger partial charge in [-0.25, -0.2) is 18.7 Å². The summed E-state index contributed by atoms with van der Waals surface area (Å²) in [5.41, 5.74) is 7.34. The van der Waals surface area contributed by atoms with E-state index in [1.54, 1.807) is 12.3 Å². The van der Waals surface area contributed by atoms with Gasteiger partial charge in [0.05, 0.1) is 35.6 Å². The Labute approximate surface area is 204 Å². The molecule has 1 fully saturated rings. The van der Waals surface area contributed by atoms with Crippen molar-refractivity contribution in [1.82, 2.24) is 20.3 Å². The molecule has 1 amide bonds. The first-order valence-corrected chi connectivity index (χ1v) is 11.3. The molecule has 4 rings (SSSR count). The molecule has 180 valence electrons. The number of halogens is 4. The maximum Gasteiger partial charge on any atom is 0.268 e. The second-order valence-electron chi connectivity index (χ2n) is 7.79. The first-order valence-electron chi connectivity index (χ1n) is 10.5. The van der Waals surface area contributed by atoms with Gasteiger partial charge in [-0.1, -0.05) is 23.2 Å². The van der Waals surface area contributed by atoms with E-state index in [-0.39, 0.29) is 34.8 Å². The van der Waals surface area contributed by atoms with E-state index in [2.05, 4.69) is 25.6 Å². The van der Waals surface area contributed by atoms with Gasteiger partial charge in [0.25, 0.3) is 5.91 Å². The molecule has 8 nitrogen and oxygen atoms in total. The zero-order valence-corrected chi connectivity index (χ0v) is 19.3. The molecule has 1 saturated heterocycles. The van der Waals surface area contributed by atoms with Gasteiger partial charge in [0.15, 0.2) is 0 Å². The number of carbonyl (C=O) groups excluding carboxylic acids is 1. The van der Waals surface area contributed by atoms with Crippen LogP contribution in [0.25, 0.3) is 11.3 Å². The van der Waals surface area contributed by atoms with E-state index >= 15 is 0 Å². The lowest BCUT2D eigenvalue weighted by Gasteiger charge is -2.26. The molecule has 3 heterocycles. The van der Waals surface area contributed by atoms with Crippen LogP contribution < -0.4 is 16.4 Å². The Morgan fingerprint density at radius 2 is 2.15 bits per heavy atom. The normalized spacial score (nSPS) is 19.0. The number of nitrogens with two attached hydrogens (primary N) is 1. The summed E-state index contributed by atoms with van der Waals surface area (Å²) in [5, 5.41) is 6.19. The first kappa shape index (κ1) is 24.3. The van der Waals surface area contributed by atoms with Crippen molar-refractivity contribution in [2.24, 2.45) is 5.73 Å². The number of ether oxygens (including phenoxy) is 1. The number of nitrogens with zero attached hydrogens (tertiary/aromatic N) is 2. The third-order valence-electron chi connectivity index (χ3n) is 5.37. The smallest absolute Gasteiger partial charge is 0.268 e. The van der Waals surface area contributed by atoms with Crippen molar-refractivity contribution in [3.63, 3.8) is 0 Å². The highest BCUT2D eigenvalue weighted by molar-refractivity contribution is 6.33. The summed E-state index contributed by atoms with van der Waals surface area (Å²) < 4.78 is 32.9. The van der Waals surface area contributed by atoms with Crippen molar-refractivity contribution in [2.45, 2.75) is 24.7 Å². The summed E-state index contributed by atoms with van der Waals surface area (Å²) in [6, 6.07) is 4.41. The SMILES string of the molecule is NC[C@@H](NC(=O)c1cc(-c2nc(N[C@@H]3CCOC[C@@H]3F)ncc2Cl)c[nH]1)c1cc(F)cc(Cl)c1. The number of rotatable bonds is 7. The van der Waals surface area contributed by atoms with Gasteiger partial charge in [0.1, 0.15) is 17.7 Å². The Hall–Kier alpha value is -2.79. The van der Waals surface area contributed by atoms with Crippen molar-refractivity contribution in [1.29, 1.82) is 0 Å². The number of benzene rings is 1. The summed E-state index contributed by atoms with van der Waals surface area (Å²) >= 11 is 12.2. The molecular weight excluding hydrogens is 489 g/mol. The standard InChI is InChI=1S/C22H22Cl2F2N6O2/c23-13-3-11(4-14(25)6-13)19(7-27)30-21(33)18-5-12(8-28-18)20-15(24)9-29-22(32-20)31-17-1-2-34-10-16(17)26/h3-6,8-9,16-17,19,28H,1-2,7,10,27H2,(H,30,33)(H,29,31,32)/t16-,17+,19+/m0/s1. The van der Waals surface area contributed by atoms with Crippen LogP contribution in [0.4, 0.5) is 14.7 Å². The van der Waals surface area contributed by atoms with Crippen LogP contribution in [0.5, 0.6) is 0 Å². The molecule has 0 unspecified atom stereocenters. The zero-order chi connectivity index (χ0) is 24.2. The predicted octanol–water partition coefficient (Wildman–Crippen LogP) is 3.89. The maximum atomic E-state index is 14.1. The third-order valence-corrected chi connectivity index (χ3v) is 5.87. The molecule has 5 N–H and O–H groups in total. The number of amides is 1. The fourth-order valence-corrected chi connectivity index (χ4v) is 4.05. The number of nitrogens with one attached hydrogen (secondary N) is 3. The molecule has 0 aliphatic carbocycles. The lowest BCUT2D eigenvalue weighted by molar-refractivity contribution is 0.0284. The van der Waals surface area contributed by atoms with E-state index < -0.39 is 30.0 Å². The molecule has 1 aliphatic rings. The minimum atomic E-state index is -1.18. The first-order chi connectivity index (χ1) is 16.3. The average molecular weight is 511 g/mol. The fraction of sp³-hybridized carbons (Fsp3) is 0.318. The van der Waals surface area contributed by atoms with Gasteiger partial charge in [-0.3, -0.25) is 4.79 Å². The van der Waals surface area contributed by atoms with E-state index in [0.29, 0.717) is 29.8 Å². The number of aromatic amines is 1. The molecule has 12 heteroatoms. The zero-order valence-electron chi connectivity index (χ0n) is 17.8. The minimum absolute atomic E-state index is 0.0139. The lowest BCUT2D eigenvalue weighted by Crippen LogP contribution is -2.39. The van der Waals surface area contributed by atoms with Crippen LogP contribution in [0, 0.1) is 5.82 Å². The van der Waals surface area contributed by atoms with Gasteiger partial charge in [-0.2, -0.15) is 0 Å². The van der Waals surface area contributed by atoms with Crippen LogP contribution in [0.3, 0.4) is 0 Å². The average Bonchev–Trinajstić information content (AvgIpc) is 3.29. The molecule has 34 heavy (non-hydrogen) atoms. The van der Waals surface area contributed by atoms with Crippen LogP contribution in [0.15, 0.2) is 36.7 Å². The lowest BCUT2D eigenvalue weighted by atomic mass is 10.1. The topological polar surface area (TPSA) is 118 Å². The Morgan fingerprint density at radius 3 is 2.88 bits per heavy atom. The third kappa shape index (κ3) is 5.64. The van der Waals surface area contributed by atoms with Crippen molar-refractivity contribution < 1.29 is 18.3 Å². The van der Waals surface area contributed by atoms with E-state index in [4.69, 9.17) is 33.7 Å². The number of carbonyl (C=O) groups is 1. The van der Waals surface area contributed by atoms with Crippen LogP contribution in [-0.2, 0) is 4.74 Å². The minimum Gasteiger partial charge on any atom is -0.378 e. The number of H-pyrrole nitrogens is 1.